The first kappa shape index (κ1) is 62.3. The number of anilines is 2. The van der Waals surface area contributed by atoms with Crippen LogP contribution < -0.4 is 31.9 Å². The molecule has 77 heavy (non-hydrogen) atoms. The lowest BCUT2D eigenvalue weighted by Crippen LogP contribution is -2.68. The summed E-state index contributed by atoms with van der Waals surface area (Å²) in [4.78, 5) is 110. The van der Waals surface area contributed by atoms with Crippen LogP contribution >= 0.6 is 22.6 Å². The molecule has 10 N–H and O–H groups in total. The number of halogens is 1. The molecular weight excluding hydrogens is 1110 g/mol. The summed E-state index contributed by atoms with van der Waals surface area (Å²) in [5.41, 5.74) is 0.138. The fraction of sp³-hybridized carbons (Fsp3) is 0.660. The van der Waals surface area contributed by atoms with Gasteiger partial charge in [-0.2, -0.15) is 0 Å². The van der Waals surface area contributed by atoms with E-state index in [2.05, 4.69) is 90.2 Å². The van der Waals surface area contributed by atoms with Gasteiger partial charge in [0, 0.05) is 34.4 Å². The van der Waals surface area contributed by atoms with Crippen molar-refractivity contribution in [1.82, 2.24) is 46.1 Å². The number of aliphatic hydroxyl groups excluding tert-OH is 3. The van der Waals surface area contributed by atoms with Gasteiger partial charge in [0.2, 0.25) is 35.4 Å². The number of aliphatic hydroxyl groups is 3. The molecule has 2 saturated heterocycles. The van der Waals surface area contributed by atoms with Gasteiger partial charge in [0.25, 0.3) is 0 Å². The van der Waals surface area contributed by atoms with Crippen LogP contribution in [0.5, 0.6) is 0 Å². The Morgan fingerprint density at radius 2 is 1.60 bits per heavy atom. The lowest BCUT2D eigenvalue weighted by atomic mass is 9.84. The van der Waals surface area contributed by atoms with Gasteiger partial charge in [0.15, 0.2) is 17.7 Å². The molecule has 426 valence electrons. The van der Waals surface area contributed by atoms with E-state index in [0.717, 1.165) is 55.7 Å². The number of amides is 7. The molecule has 0 radical (unpaired) electrons. The Kier molecular flexibility index (Phi) is 22.5. The highest BCUT2D eigenvalue weighted by Crippen LogP contribution is 2.43. The van der Waals surface area contributed by atoms with Crippen molar-refractivity contribution in [2.24, 2.45) is 17.8 Å². The van der Waals surface area contributed by atoms with E-state index in [0.29, 0.717) is 28.3 Å². The fourth-order valence-corrected chi connectivity index (χ4v) is 11.2. The van der Waals surface area contributed by atoms with Crippen molar-refractivity contribution in [3.8, 4) is 0 Å². The van der Waals surface area contributed by atoms with Crippen LogP contribution in [0.1, 0.15) is 144 Å². The second-order valence-corrected chi connectivity index (χ2v) is 23.5. The molecule has 23 nitrogen and oxygen atoms in total. The van der Waals surface area contributed by atoms with Gasteiger partial charge < -0.3 is 61.7 Å². The number of rotatable bonds is 27. The van der Waals surface area contributed by atoms with Crippen LogP contribution in [0.3, 0.4) is 0 Å². The largest absolute Gasteiger partial charge is 0.445 e. The van der Waals surface area contributed by atoms with E-state index in [1.54, 1.807) is 38.1 Å². The van der Waals surface area contributed by atoms with Crippen LogP contribution in [0.15, 0.2) is 30.6 Å². The number of imidazole rings is 1. The number of nitrogens with one attached hydrogen (secondary N) is 7. The molecule has 0 saturated carbocycles. The minimum absolute atomic E-state index is 0.0987. The van der Waals surface area contributed by atoms with E-state index in [-0.39, 0.29) is 58.9 Å². The second-order valence-electron chi connectivity index (χ2n) is 21.4. The van der Waals surface area contributed by atoms with Crippen molar-refractivity contribution in [3.63, 3.8) is 0 Å². The summed E-state index contributed by atoms with van der Waals surface area (Å²) in [6.45, 7) is 17.2. The molecule has 1 aromatic carbocycles. The number of alkyl halides is 1. The topological polar surface area (TPSA) is 329 Å². The van der Waals surface area contributed by atoms with E-state index in [1.807, 2.05) is 13.8 Å². The van der Waals surface area contributed by atoms with Crippen molar-refractivity contribution in [3.05, 3.63) is 42.0 Å². The molecule has 24 heteroatoms. The Hall–Kier alpha value is -5.57. The Morgan fingerprint density at radius 3 is 2.21 bits per heavy atom. The average Bonchev–Trinajstić information content (AvgIpc) is 3.96. The van der Waals surface area contributed by atoms with Gasteiger partial charge >= 0.3 is 6.09 Å². The number of H-pyrrole nitrogens is 1. The van der Waals surface area contributed by atoms with Gasteiger partial charge in [-0.3, -0.25) is 33.7 Å². The van der Waals surface area contributed by atoms with E-state index in [9.17, 15) is 48.9 Å². The highest BCUT2D eigenvalue weighted by Gasteiger charge is 2.50. The Bertz CT molecular complexity index is 2520. The van der Waals surface area contributed by atoms with Gasteiger partial charge in [0.05, 0.1) is 18.6 Å². The molecule has 2 unspecified atom stereocenters. The summed E-state index contributed by atoms with van der Waals surface area (Å²) >= 11 is 2.33. The van der Waals surface area contributed by atoms with Crippen LogP contribution in [0.25, 0.3) is 11.2 Å². The number of hydrogen-bond acceptors (Lipinski definition) is 16. The van der Waals surface area contributed by atoms with Gasteiger partial charge in [-0.15, -0.1) is 0 Å². The van der Waals surface area contributed by atoms with Crippen LogP contribution in [0.2, 0.25) is 0 Å². The van der Waals surface area contributed by atoms with Crippen LogP contribution in [0, 0.1) is 17.8 Å². The molecule has 4 heterocycles. The zero-order valence-corrected chi connectivity index (χ0v) is 48.1. The first-order valence-corrected chi connectivity index (χ1v) is 27.8. The van der Waals surface area contributed by atoms with Crippen LogP contribution in [0.4, 0.5) is 16.3 Å². The SMILES string of the molecule is CCCCC(c1nc2ncnc(N[C@H]3O[C@@H](CO)[C@H](NC(=O)C(C)(C)NC(=O)OCc4ccc(NC(=O)[C@H](C)NC(=O)[C@@H](NC(=O)CCN5C(=O)CC(C(I)(CCC)CCC)C5=O)C(C)C)cc4)[C@@H](O)[C@@H]3O)c2[nH]1)C(C)C. The maximum atomic E-state index is 13.6. The van der Waals surface area contributed by atoms with Crippen molar-refractivity contribution < 1.29 is 58.4 Å². The smallest absolute Gasteiger partial charge is 0.408 e. The minimum Gasteiger partial charge on any atom is -0.445 e. The average molecular weight is 1190 g/mol. The minimum atomic E-state index is -1.64. The predicted octanol–water partition coefficient (Wildman–Crippen LogP) is 4.45. The maximum Gasteiger partial charge on any atom is 0.408 e. The molecule has 5 rings (SSSR count). The number of ether oxygens (including phenoxy) is 2. The van der Waals surface area contributed by atoms with Crippen molar-refractivity contribution in [2.75, 3.05) is 23.8 Å². The van der Waals surface area contributed by atoms with E-state index >= 15 is 0 Å². The van der Waals surface area contributed by atoms with Gasteiger partial charge in [-0.05, 0) is 69.6 Å². The molecule has 2 fully saturated rings. The molecule has 2 aromatic heterocycles. The summed E-state index contributed by atoms with van der Waals surface area (Å²) in [5.74, 6) is -2.39. The number of aromatic nitrogens is 4. The number of carbonyl (C=O) groups is 7. The van der Waals surface area contributed by atoms with E-state index in [4.69, 9.17) is 14.5 Å². The number of unbranched alkanes of at least 4 members (excludes halogenated alkanes) is 1. The van der Waals surface area contributed by atoms with E-state index in [1.165, 1.54) is 27.1 Å². The molecule has 0 spiro atoms. The molecule has 7 amide bonds. The molecule has 3 aromatic rings. The van der Waals surface area contributed by atoms with Gasteiger partial charge in [-0.1, -0.05) is 109 Å². The van der Waals surface area contributed by atoms with Gasteiger partial charge in [-0.25, -0.2) is 19.7 Å². The van der Waals surface area contributed by atoms with Crippen molar-refractivity contribution in [1.29, 1.82) is 0 Å². The second kappa shape index (κ2) is 27.8. The molecule has 9 atom stereocenters. The highest BCUT2D eigenvalue weighted by molar-refractivity contribution is 14.1. The summed E-state index contributed by atoms with van der Waals surface area (Å²) < 4.78 is 11.0. The Morgan fingerprint density at radius 1 is 0.922 bits per heavy atom. The number of hydrogen-bond donors (Lipinski definition) is 10. The highest BCUT2D eigenvalue weighted by atomic mass is 127. The zero-order valence-electron chi connectivity index (χ0n) is 45.9. The lowest BCUT2D eigenvalue weighted by molar-refractivity contribution is -0.186. The summed E-state index contributed by atoms with van der Waals surface area (Å²) in [5, 5.41) is 49.0. The van der Waals surface area contributed by atoms with Crippen LogP contribution in [-0.2, 0) is 44.8 Å². The lowest BCUT2D eigenvalue weighted by Gasteiger charge is -2.43. The van der Waals surface area contributed by atoms with Crippen molar-refractivity contribution in [2.45, 2.75) is 191 Å². The monoisotopic (exact) mass is 1190 g/mol. The number of nitrogens with zero attached hydrogens (tertiary/aromatic N) is 4. The predicted molar refractivity (Wildman–Crippen MR) is 295 cm³/mol. The number of likely N-dealkylation sites (tertiary alicyclic amines) is 1. The molecule has 0 bridgehead atoms. The summed E-state index contributed by atoms with van der Waals surface area (Å²) in [6.07, 6.45) is 0.882. The number of benzene rings is 1. The zero-order chi connectivity index (χ0) is 56.9. The quantitative estimate of drug-likeness (QED) is 0.0286. The molecular formula is C53H80IN11O12. The molecule has 2 aliphatic rings. The third-order valence-corrected chi connectivity index (χ3v) is 16.0. The summed E-state index contributed by atoms with van der Waals surface area (Å²) in [7, 11) is 0. The van der Waals surface area contributed by atoms with E-state index < -0.39 is 90.5 Å². The van der Waals surface area contributed by atoms with Crippen molar-refractivity contribution >= 4 is 86.8 Å². The molecule has 2 aliphatic heterocycles. The Balaban J connectivity index is 1.07. The number of imide groups is 1. The fourth-order valence-electron chi connectivity index (χ4n) is 9.65. The number of fused-ring (bicyclic) bond motifs is 1. The Labute approximate surface area is 463 Å². The molecule has 0 aliphatic carbocycles. The van der Waals surface area contributed by atoms with Gasteiger partial charge in [0.1, 0.15) is 60.2 Å². The summed E-state index contributed by atoms with van der Waals surface area (Å²) in [6, 6.07) is 2.97. The first-order chi connectivity index (χ1) is 36.4. The number of carbonyl (C=O) groups excluding carboxylic acids is 7. The maximum absolute atomic E-state index is 13.6. The third kappa shape index (κ3) is 16.0. The van der Waals surface area contributed by atoms with Crippen LogP contribution in [-0.4, -0.2) is 146 Å². The number of alkyl carbamates (subject to hydrolysis) is 1. The first-order valence-electron chi connectivity index (χ1n) is 26.8. The standard InChI is InChI=1S/C53H80IN11O12/c1-11-14-15-33(28(4)5)43-60-40-44(62-43)55-27-56-45(40)63-48-42(70)41(69)39(35(25-66)77-48)61-50(74)52(9,10)64-51(75)76-26-31-16-18-32(19-17-31)58-46(71)30(8)57-47(72)38(29(6)7)59-36(67)20-23-65-37(68)24-34(49(65)73)53(54,21-12-2)22-13-3/h16-19,27-30,33-35,38-39,41-42,48,66,69-70H,11-15,20-26H2,1-10H3,(H,57,72)(H,58,71)(H,59,67)(H,61,74)(H,64,75)(H2,55,56,60,62,63)/t30-,33?,34?,35-,38-,39-,41+,42-,48-/m0/s1. The number of aromatic amines is 1. The normalized spacial score (nSPS) is 21.2. The third-order valence-electron chi connectivity index (χ3n) is 14.2.